The highest BCUT2D eigenvalue weighted by Gasteiger charge is 2.28. The van der Waals surface area contributed by atoms with Crippen molar-refractivity contribution in [1.29, 1.82) is 0 Å². The molecule has 0 saturated carbocycles. The fourth-order valence-electron chi connectivity index (χ4n) is 2.86. The summed E-state index contributed by atoms with van der Waals surface area (Å²) in [5.74, 6) is -1.89. The monoisotopic (exact) mass is 442 g/mol. The molecule has 1 fully saturated rings. The number of nitrogens with one attached hydrogen (secondary N) is 1. The smallest absolute Gasteiger partial charge is 0.258 e. The van der Waals surface area contributed by atoms with Gasteiger partial charge < -0.3 is 10.1 Å². The molecule has 11 heteroatoms. The lowest BCUT2D eigenvalue weighted by molar-refractivity contribution is 0.0730. The van der Waals surface area contributed by atoms with Crippen LogP contribution in [0.15, 0.2) is 52.3 Å². The highest BCUT2D eigenvalue weighted by atomic mass is 32.2. The van der Waals surface area contributed by atoms with E-state index in [4.69, 9.17) is 4.74 Å². The minimum atomic E-state index is -3.93. The topological polar surface area (TPSA) is 110 Å². The van der Waals surface area contributed by atoms with Gasteiger partial charge in [-0.05, 0) is 30.3 Å². The third kappa shape index (κ3) is 4.64. The molecule has 0 aliphatic carbocycles. The predicted molar refractivity (Wildman–Crippen MR) is 103 cm³/mol. The minimum absolute atomic E-state index is 0.0270. The van der Waals surface area contributed by atoms with Crippen molar-refractivity contribution in [3.63, 3.8) is 0 Å². The number of morpholine rings is 1. The van der Waals surface area contributed by atoms with E-state index in [1.165, 1.54) is 28.6 Å². The summed E-state index contributed by atoms with van der Waals surface area (Å²) in [6, 6.07) is 8.59. The van der Waals surface area contributed by atoms with Gasteiger partial charge in [-0.3, -0.25) is 4.79 Å². The number of halogens is 1. The second-order valence-corrected chi connectivity index (χ2v) is 10.3. The molecule has 0 radical (unpaired) electrons. The number of benzene rings is 2. The number of hydrogen-bond acceptors (Lipinski definition) is 6. The molecular weight excluding hydrogens is 423 g/mol. The molecule has 0 aromatic heterocycles. The third-order valence-corrected chi connectivity index (χ3v) is 7.37. The van der Waals surface area contributed by atoms with E-state index < -0.39 is 37.1 Å². The van der Waals surface area contributed by atoms with Crippen LogP contribution in [-0.2, 0) is 24.6 Å². The summed E-state index contributed by atoms with van der Waals surface area (Å²) in [5.41, 5.74) is -0.538. The van der Waals surface area contributed by atoms with Crippen molar-refractivity contribution in [2.75, 3.05) is 37.9 Å². The molecule has 3 rings (SSSR count). The molecule has 0 atom stereocenters. The molecule has 0 bridgehead atoms. The third-order valence-electron chi connectivity index (χ3n) is 4.33. The average Bonchev–Trinajstić information content (AvgIpc) is 2.68. The van der Waals surface area contributed by atoms with Crippen LogP contribution in [-0.4, -0.2) is 59.6 Å². The highest BCUT2D eigenvalue weighted by molar-refractivity contribution is 7.91. The van der Waals surface area contributed by atoms with Crippen molar-refractivity contribution < 1.29 is 30.8 Å². The maximum absolute atomic E-state index is 14.3. The van der Waals surface area contributed by atoms with E-state index in [0.29, 0.717) is 0 Å². The first kappa shape index (κ1) is 21.4. The fourth-order valence-corrected chi connectivity index (χ4v) is 5.14. The minimum Gasteiger partial charge on any atom is -0.379 e. The quantitative estimate of drug-likeness (QED) is 0.752. The van der Waals surface area contributed by atoms with Gasteiger partial charge in [-0.1, -0.05) is 12.1 Å². The molecule has 1 amide bonds. The normalized spacial score (nSPS) is 15.8. The molecule has 1 N–H and O–H groups in total. The SMILES string of the molecule is CS(=O)(=O)c1ccccc1NC(=O)c1cc(S(=O)(=O)N2CCOCC2)ccc1F. The van der Waals surface area contributed by atoms with Gasteiger partial charge in [0.15, 0.2) is 9.84 Å². The molecule has 0 unspecified atom stereocenters. The van der Waals surface area contributed by atoms with Crippen LogP contribution in [0.5, 0.6) is 0 Å². The van der Waals surface area contributed by atoms with Gasteiger partial charge in [0.1, 0.15) is 5.82 Å². The molecular formula is C18H19FN2O6S2. The molecule has 1 aliphatic heterocycles. The number of para-hydroxylation sites is 1. The molecule has 1 aliphatic rings. The van der Waals surface area contributed by atoms with E-state index in [-0.39, 0.29) is 41.8 Å². The Bertz CT molecular complexity index is 1140. The summed E-state index contributed by atoms with van der Waals surface area (Å²) < 4.78 is 69.9. The van der Waals surface area contributed by atoms with Crippen LogP contribution >= 0.6 is 0 Å². The first-order chi connectivity index (χ1) is 13.6. The van der Waals surface area contributed by atoms with Crippen LogP contribution in [0.1, 0.15) is 10.4 Å². The predicted octanol–water partition coefficient (Wildman–Crippen LogP) is 1.50. The fraction of sp³-hybridized carbons (Fsp3) is 0.278. The van der Waals surface area contributed by atoms with Crippen molar-refractivity contribution >= 4 is 31.5 Å². The van der Waals surface area contributed by atoms with E-state index in [2.05, 4.69) is 5.32 Å². The highest BCUT2D eigenvalue weighted by Crippen LogP contribution is 2.24. The summed E-state index contributed by atoms with van der Waals surface area (Å²) in [6.45, 7) is 0.804. The number of nitrogens with zero attached hydrogens (tertiary/aromatic N) is 1. The Labute approximate surface area is 168 Å². The largest absolute Gasteiger partial charge is 0.379 e. The lowest BCUT2D eigenvalue weighted by atomic mass is 10.2. The van der Waals surface area contributed by atoms with Crippen LogP contribution in [0.4, 0.5) is 10.1 Å². The number of hydrogen-bond donors (Lipinski definition) is 1. The van der Waals surface area contributed by atoms with Gasteiger partial charge in [0.2, 0.25) is 10.0 Å². The van der Waals surface area contributed by atoms with Crippen LogP contribution in [0, 0.1) is 5.82 Å². The van der Waals surface area contributed by atoms with Crippen molar-refractivity contribution in [2.24, 2.45) is 0 Å². The zero-order chi connectivity index (χ0) is 21.2. The van der Waals surface area contributed by atoms with Gasteiger partial charge in [-0.2, -0.15) is 4.31 Å². The van der Waals surface area contributed by atoms with Gasteiger partial charge in [-0.25, -0.2) is 21.2 Å². The van der Waals surface area contributed by atoms with E-state index in [9.17, 15) is 26.0 Å². The van der Waals surface area contributed by atoms with Crippen molar-refractivity contribution in [2.45, 2.75) is 9.79 Å². The first-order valence-electron chi connectivity index (χ1n) is 8.58. The van der Waals surface area contributed by atoms with Crippen LogP contribution in [0.25, 0.3) is 0 Å². The molecule has 1 saturated heterocycles. The zero-order valence-electron chi connectivity index (χ0n) is 15.5. The van der Waals surface area contributed by atoms with Gasteiger partial charge in [-0.15, -0.1) is 0 Å². The molecule has 29 heavy (non-hydrogen) atoms. The maximum Gasteiger partial charge on any atom is 0.258 e. The molecule has 1 heterocycles. The average molecular weight is 442 g/mol. The van der Waals surface area contributed by atoms with E-state index in [1.807, 2.05) is 0 Å². The number of ether oxygens (including phenoxy) is 1. The van der Waals surface area contributed by atoms with Gasteiger partial charge in [0.25, 0.3) is 5.91 Å². The molecule has 8 nitrogen and oxygen atoms in total. The van der Waals surface area contributed by atoms with Crippen molar-refractivity contribution in [3.8, 4) is 0 Å². The molecule has 2 aromatic rings. The van der Waals surface area contributed by atoms with Crippen molar-refractivity contribution in [1.82, 2.24) is 4.31 Å². The van der Waals surface area contributed by atoms with E-state index >= 15 is 0 Å². The number of carbonyl (C=O) groups excluding carboxylic acids is 1. The Kier molecular flexibility index (Phi) is 6.03. The lowest BCUT2D eigenvalue weighted by Crippen LogP contribution is -2.40. The number of rotatable bonds is 5. The second-order valence-electron chi connectivity index (χ2n) is 6.38. The van der Waals surface area contributed by atoms with Gasteiger partial charge in [0, 0.05) is 19.3 Å². The van der Waals surface area contributed by atoms with Gasteiger partial charge >= 0.3 is 0 Å². The number of sulfone groups is 1. The zero-order valence-corrected chi connectivity index (χ0v) is 17.1. The summed E-state index contributed by atoms with van der Waals surface area (Å²) in [6.07, 6.45) is 0.980. The molecule has 0 spiro atoms. The number of sulfonamides is 1. The summed E-state index contributed by atoms with van der Waals surface area (Å²) in [7, 11) is -7.57. The number of anilines is 1. The van der Waals surface area contributed by atoms with Crippen LogP contribution in [0.3, 0.4) is 0 Å². The summed E-state index contributed by atoms with van der Waals surface area (Å²) in [5, 5.41) is 2.35. The standard InChI is InChI=1S/C18H19FN2O6S2/c1-28(23,24)17-5-3-2-4-16(17)20-18(22)14-12-13(6-7-15(14)19)29(25,26)21-8-10-27-11-9-21/h2-7,12H,8-11H2,1H3,(H,20,22). The second kappa shape index (κ2) is 8.19. The van der Waals surface area contributed by atoms with Crippen molar-refractivity contribution in [3.05, 3.63) is 53.8 Å². The maximum atomic E-state index is 14.3. The lowest BCUT2D eigenvalue weighted by Gasteiger charge is -2.26. The first-order valence-corrected chi connectivity index (χ1v) is 11.9. The number of carbonyl (C=O) groups is 1. The summed E-state index contributed by atoms with van der Waals surface area (Å²) in [4.78, 5) is 12.2. The Morgan fingerprint density at radius 1 is 1.07 bits per heavy atom. The van der Waals surface area contributed by atoms with E-state index in [1.54, 1.807) is 0 Å². The Hall–Kier alpha value is -2.34. The van der Waals surface area contributed by atoms with Gasteiger partial charge in [0.05, 0.1) is 34.3 Å². The molecule has 156 valence electrons. The number of amides is 1. The summed E-state index contributed by atoms with van der Waals surface area (Å²) >= 11 is 0. The van der Waals surface area contributed by atoms with Crippen LogP contribution < -0.4 is 5.32 Å². The Morgan fingerprint density at radius 3 is 2.38 bits per heavy atom. The molecule has 2 aromatic carbocycles. The van der Waals surface area contributed by atoms with Crippen LogP contribution in [0.2, 0.25) is 0 Å². The Balaban J connectivity index is 1.94. The van der Waals surface area contributed by atoms with E-state index in [0.717, 1.165) is 24.5 Å². The Morgan fingerprint density at radius 2 is 1.72 bits per heavy atom.